The van der Waals surface area contributed by atoms with E-state index in [0.717, 1.165) is 21.5 Å². The van der Waals surface area contributed by atoms with Gasteiger partial charge in [0, 0.05) is 5.69 Å². The van der Waals surface area contributed by atoms with Crippen molar-refractivity contribution in [3.05, 3.63) is 54.1 Å². The fourth-order valence-corrected chi connectivity index (χ4v) is 2.36. The zero-order valence-corrected chi connectivity index (χ0v) is 9.68. The molecule has 0 aliphatic carbocycles. The van der Waals surface area contributed by atoms with Crippen molar-refractivity contribution in [2.75, 3.05) is 5.73 Å². The minimum absolute atomic E-state index is 0.415. The number of nitrogens with two attached hydrogens (primary N) is 2. The smallest absolute Gasteiger partial charge is 0.249 e. The summed E-state index contributed by atoms with van der Waals surface area (Å²) in [5.41, 5.74) is 12.5. The molecule has 0 atom stereocenters. The summed E-state index contributed by atoms with van der Waals surface area (Å²) in [6.45, 7) is 0. The van der Waals surface area contributed by atoms with Crippen molar-refractivity contribution in [1.82, 2.24) is 0 Å². The molecule has 0 aromatic heterocycles. The number of carbonyl (C=O) groups excluding carboxylic acids is 1. The van der Waals surface area contributed by atoms with E-state index in [-0.39, 0.29) is 0 Å². The Hall–Kier alpha value is -2.55. The third-order valence-electron chi connectivity index (χ3n) is 3.13. The molecule has 0 spiro atoms. The second kappa shape index (κ2) is 3.74. The van der Waals surface area contributed by atoms with E-state index in [1.165, 1.54) is 0 Å². The van der Waals surface area contributed by atoms with Gasteiger partial charge in [-0.05, 0) is 39.7 Å². The molecule has 0 bridgehead atoms. The van der Waals surface area contributed by atoms with Gasteiger partial charge in [0.1, 0.15) is 0 Å². The Balaban J connectivity index is 2.58. The van der Waals surface area contributed by atoms with Gasteiger partial charge in [-0.3, -0.25) is 4.79 Å². The number of benzene rings is 3. The van der Waals surface area contributed by atoms with Crippen LogP contribution in [0.2, 0.25) is 0 Å². The molecule has 3 aromatic carbocycles. The molecule has 3 heteroatoms. The zero-order valence-electron chi connectivity index (χ0n) is 9.68. The number of hydrogen-bond acceptors (Lipinski definition) is 2. The molecule has 0 fully saturated rings. The van der Waals surface area contributed by atoms with Crippen molar-refractivity contribution < 1.29 is 4.79 Å². The molecule has 0 aliphatic rings. The van der Waals surface area contributed by atoms with Crippen LogP contribution in [0.5, 0.6) is 0 Å². The summed E-state index contributed by atoms with van der Waals surface area (Å²) in [6, 6.07) is 15.2. The second-order valence-electron chi connectivity index (χ2n) is 4.32. The number of rotatable bonds is 1. The Kier molecular flexibility index (Phi) is 2.20. The van der Waals surface area contributed by atoms with Crippen LogP contribution in [0.3, 0.4) is 0 Å². The van der Waals surface area contributed by atoms with Crippen molar-refractivity contribution in [1.29, 1.82) is 0 Å². The fourth-order valence-electron chi connectivity index (χ4n) is 2.36. The number of primary amides is 1. The van der Waals surface area contributed by atoms with Gasteiger partial charge in [0.05, 0.1) is 5.56 Å². The second-order valence-corrected chi connectivity index (χ2v) is 4.32. The molecule has 3 aromatic rings. The van der Waals surface area contributed by atoms with Gasteiger partial charge in [0.25, 0.3) is 0 Å². The van der Waals surface area contributed by atoms with Crippen LogP contribution in [0.15, 0.2) is 48.5 Å². The molecule has 0 aliphatic heterocycles. The van der Waals surface area contributed by atoms with Crippen molar-refractivity contribution in [2.45, 2.75) is 0 Å². The lowest BCUT2D eigenvalue weighted by atomic mass is 9.96. The molecule has 0 unspecified atom stereocenters. The maximum atomic E-state index is 11.7. The van der Waals surface area contributed by atoms with E-state index in [4.69, 9.17) is 11.5 Å². The normalized spacial score (nSPS) is 10.9. The Morgan fingerprint density at radius 2 is 1.61 bits per heavy atom. The van der Waals surface area contributed by atoms with Crippen LogP contribution in [0.4, 0.5) is 5.69 Å². The van der Waals surface area contributed by atoms with Gasteiger partial charge in [-0.15, -0.1) is 0 Å². The Morgan fingerprint density at radius 1 is 0.889 bits per heavy atom. The number of hydrogen-bond donors (Lipinski definition) is 2. The summed E-state index contributed by atoms with van der Waals surface area (Å²) in [5.74, 6) is -0.415. The molecule has 0 saturated heterocycles. The number of fused-ring (bicyclic) bond motifs is 2. The molecule has 88 valence electrons. The average molecular weight is 236 g/mol. The van der Waals surface area contributed by atoms with E-state index >= 15 is 0 Å². The zero-order chi connectivity index (χ0) is 12.7. The molecule has 4 N–H and O–H groups in total. The van der Waals surface area contributed by atoms with Gasteiger partial charge in [0.2, 0.25) is 5.91 Å². The molecule has 0 heterocycles. The van der Waals surface area contributed by atoms with Gasteiger partial charge in [-0.1, -0.05) is 30.3 Å². The van der Waals surface area contributed by atoms with Crippen LogP contribution in [0, 0.1) is 0 Å². The van der Waals surface area contributed by atoms with Crippen LogP contribution >= 0.6 is 0 Å². The van der Waals surface area contributed by atoms with E-state index in [1.807, 2.05) is 42.5 Å². The predicted molar refractivity (Wildman–Crippen MR) is 74.4 cm³/mol. The minimum atomic E-state index is -0.415. The van der Waals surface area contributed by atoms with Gasteiger partial charge < -0.3 is 11.5 Å². The SMILES string of the molecule is NC(=O)c1c2ccccc2cc2cc(N)ccc12. The standard InChI is InChI=1S/C15H12N2O/c16-11-5-6-13-10(8-11)7-9-3-1-2-4-12(9)14(13)15(17)18/h1-8H,16H2,(H2,17,18). The summed E-state index contributed by atoms with van der Waals surface area (Å²) < 4.78 is 0. The number of amides is 1. The Morgan fingerprint density at radius 3 is 2.39 bits per heavy atom. The first kappa shape index (κ1) is 10.6. The lowest BCUT2D eigenvalue weighted by Gasteiger charge is -2.09. The van der Waals surface area contributed by atoms with Crippen molar-refractivity contribution in [2.24, 2.45) is 5.73 Å². The molecular formula is C15H12N2O. The highest BCUT2D eigenvalue weighted by molar-refractivity contribution is 6.18. The molecular weight excluding hydrogens is 224 g/mol. The molecule has 3 nitrogen and oxygen atoms in total. The van der Waals surface area contributed by atoms with E-state index in [2.05, 4.69) is 0 Å². The molecule has 3 rings (SSSR count). The summed E-state index contributed by atoms with van der Waals surface area (Å²) in [5, 5.41) is 3.64. The first-order valence-electron chi connectivity index (χ1n) is 5.67. The van der Waals surface area contributed by atoms with Crippen molar-refractivity contribution in [3.8, 4) is 0 Å². The number of anilines is 1. The van der Waals surface area contributed by atoms with Crippen molar-refractivity contribution in [3.63, 3.8) is 0 Å². The molecule has 0 radical (unpaired) electrons. The van der Waals surface area contributed by atoms with Crippen molar-refractivity contribution >= 4 is 33.1 Å². The van der Waals surface area contributed by atoms with Gasteiger partial charge >= 0.3 is 0 Å². The number of carbonyl (C=O) groups is 1. The van der Waals surface area contributed by atoms with Crippen LogP contribution in [-0.2, 0) is 0 Å². The third-order valence-corrected chi connectivity index (χ3v) is 3.13. The minimum Gasteiger partial charge on any atom is -0.399 e. The number of nitrogen functional groups attached to an aromatic ring is 1. The molecule has 1 amide bonds. The van der Waals surface area contributed by atoms with Crippen LogP contribution in [0.25, 0.3) is 21.5 Å². The highest BCUT2D eigenvalue weighted by Gasteiger charge is 2.11. The van der Waals surface area contributed by atoms with Crippen LogP contribution in [-0.4, -0.2) is 5.91 Å². The third kappa shape index (κ3) is 1.49. The maximum absolute atomic E-state index is 11.7. The maximum Gasteiger partial charge on any atom is 0.249 e. The van der Waals surface area contributed by atoms with E-state index < -0.39 is 5.91 Å². The monoisotopic (exact) mass is 236 g/mol. The summed E-state index contributed by atoms with van der Waals surface area (Å²) in [6.07, 6.45) is 0. The van der Waals surface area contributed by atoms with Gasteiger partial charge in [0.15, 0.2) is 0 Å². The highest BCUT2D eigenvalue weighted by Crippen LogP contribution is 2.29. The topological polar surface area (TPSA) is 69.1 Å². The van der Waals surface area contributed by atoms with E-state index in [9.17, 15) is 4.79 Å². The largest absolute Gasteiger partial charge is 0.399 e. The van der Waals surface area contributed by atoms with Crippen LogP contribution in [0.1, 0.15) is 10.4 Å². The van der Waals surface area contributed by atoms with Crippen LogP contribution < -0.4 is 11.5 Å². The lowest BCUT2D eigenvalue weighted by Crippen LogP contribution is -2.12. The first-order chi connectivity index (χ1) is 8.66. The summed E-state index contributed by atoms with van der Waals surface area (Å²) in [7, 11) is 0. The van der Waals surface area contributed by atoms with E-state index in [0.29, 0.717) is 11.3 Å². The fraction of sp³-hybridized carbons (Fsp3) is 0. The molecule has 0 saturated carbocycles. The lowest BCUT2D eigenvalue weighted by molar-refractivity contribution is 0.100. The van der Waals surface area contributed by atoms with Gasteiger partial charge in [-0.25, -0.2) is 0 Å². The Bertz CT molecular complexity index is 778. The molecule has 18 heavy (non-hydrogen) atoms. The summed E-state index contributed by atoms with van der Waals surface area (Å²) in [4.78, 5) is 11.7. The summed E-state index contributed by atoms with van der Waals surface area (Å²) >= 11 is 0. The van der Waals surface area contributed by atoms with Gasteiger partial charge in [-0.2, -0.15) is 0 Å². The quantitative estimate of drug-likeness (QED) is 0.503. The Labute approximate surface area is 104 Å². The first-order valence-corrected chi connectivity index (χ1v) is 5.67. The predicted octanol–water partition coefficient (Wildman–Crippen LogP) is 2.67. The average Bonchev–Trinajstić information content (AvgIpc) is 2.35. The van der Waals surface area contributed by atoms with E-state index in [1.54, 1.807) is 6.07 Å². The highest BCUT2D eigenvalue weighted by atomic mass is 16.1.